The third-order valence-electron chi connectivity index (χ3n) is 4.61. The van der Waals surface area contributed by atoms with E-state index in [1.807, 2.05) is 60.7 Å². The summed E-state index contributed by atoms with van der Waals surface area (Å²) in [6.07, 6.45) is 3.52. The fourth-order valence-electron chi connectivity index (χ4n) is 3.15. The number of fused-ring (bicyclic) bond motifs is 2. The van der Waals surface area contributed by atoms with Crippen molar-refractivity contribution in [1.82, 2.24) is 19.9 Å². The zero-order chi connectivity index (χ0) is 19.1. The fourth-order valence-corrected chi connectivity index (χ4v) is 3.15. The Morgan fingerprint density at radius 3 is 1.36 bits per heavy atom. The Kier molecular flexibility index (Phi) is 3.62. The first kappa shape index (κ1) is 16.1. The van der Waals surface area contributed by atoms with Crippen LogP contribution in [0.5, 0.6) is 0 Å². The summed E-state index contributed by atoms with van der Waals surface area (Å²) in [6, 6.07) is 19.1. The average molecular weight is 364 g/mol. The lowest BCUT2D eigenvalue weighted by Gasteiger charge is -2.06. The molecule has 0 fully saturated rings. The highest BCUT2D eigenvalue weighted by Gasteiger charge is 2.06. The van der Waals surface area contributed by atoms with E-state index in [9.17, 15) is 0 Å². The highest BCUT2D eigenvalue weighted by atomic mass is 14.8. The Hall–Kier alpha value is -4.06. The normalized spacial score (nSPS) is 11.1. The molecule has 0 spiro atoms. The van der Waals surface area contributed by atoms with Crippen molar-refractivity contribution in [2.45, 2.75) is 0 Å². The number of rotatable bonds is 2. The SMILES string of the molecule is Nc1ccc2nc(-c3ccc(-c4cnc5cc(N)ccc5n4)cc3)cnc2c1. The minimum absolute atomic E-state index is 0.679. The second-order valence-electron chi connectivity index (χ2n) is 6.58. The summed E-state index contributed by atoms with van der Waals surface area (Å²) in [6.45, 7) is 0. The number of benzene rings is 3. The van der Waals surface area contributed by atoms with E-state index >= 15 is 0 Å². The van der Waals surface area contributed by atoms with Gasteiger partial charge in [-0.2, -0.15) is 0 Å². The standard InChI is InChI=1S/C22H16N6/c23-15-5-7-17-19(9-15)25-11-21(27-17)13-1-2-14(4-3-13)22-12-26-20-10-16(24)6-8-18(20)28-22/h1-12H,23-24H2. The lowest BCUT2D eigenvalue weighted by molar-refractivity contribution is 1.28. The summed E-state index contributed by atoms with van der Waals surface area (Å²) in [4.78, 5) is 18.3. The van der Waals surface area contributed by atoms with Crippen LogP contribution in [0, 0.1) is 0 Å². The van der Waals surface area contributed by atoms with E-state index in [4.69, 9.17) is 11.5 Å². The van der Waals surface area contributed by atoms with Crippen molar-refractivity contribution in [2.75, 3.05) is 11.5 Å². The fraction of sp³-hybridized carbons (Fsp3) is 0. The summed E-state index contributed by atoms with van der Waals surface area (Å²) < 4.78 is 0. The zero-order valence-corrected chi connectivity index (χ0v) is 14.9. The molecule has 2 aromatic heterocycles. The van der Waals surface area contributed by atoms with Gasteiger partial charge in [0.15, 0.2) is 0 Å². The molecule has 0 unspecified atom stereocenters. The van der Waals surface area contributed by atoms with Crippen molar-refractivity contribution in [3.8, 4) is 22.5 Å². The van der Waals surface area contributed by atoms with Crippen LogP contribution in [0.2, 0.25) is 0 Å². The van der Waals surface area contributed by atoms with Crippen LogP contribution in [0.1, 0.15) is 0 Å². The van der Waals surface area contributed by atoms with E-state index in [2.05, 4.69) is 19.9 Å². The van der Waals surface area contributed by atoms with Crippen LogP contribution in [0.4, 0.5) is 11.4 Å². The van der Waals surface area contributed by atoms with E-state index in [0.29, 0.717) is 11.4 Å². The van der Waals surface area contributed by atoms with Crippen molar-refractivity contribution in [3.05, 3.63) is 73.1 Å². The maximum atomic E-state index is 5.80. The van der Waals surface area contributed by atoms with Crippen molar-refractivity contribution < 1.29 is 0 Å². The summed E-state index contributed by atoms with van der Waals surface area (Å²) in [5, 5.41) is 0. The number of nitrogen functional groups attached to an aromatic ring is 2. The van der Waals surface area contributed by atoms with E-state index in [0.717, 1.165) is 44.6 Å². The molecule has 28 heavy (non-hydrogen) atoms. The van der Waals surface area contributed by atoms with Gasteiger partial charge in [0.2, 0.25) is 0 Å². The molecule has 0 aliphatic heterocycles. The third-order valence-corrected chi connectivity index (χ3v) is 4.61. The van der Waals surface area contributed by atoms with Gasteiger partial charge in [0.05, 0.1) is 45.8 Å². The van der Waals surface area contributed by atoms with Crippen LogP contribution >= 0.6 is 0 Å². The van der Waals surface area contributed by atoms with Crippen LogP contribution in [-0.2, 0) is 0 Å². The van der Waals surface area contributed by atoms with Crippen LogP contribution in [0.15, 0.2) is 73.1 Å². The minimum atomic E-state index is 0.679. The first-order valence-electron chi connectivity index (χ1n) is 8.81. The molecule has 5 aromatic rings. The smallest absolute Gasteiger partial charge is 0.0907 e. The largest absolute Gasteiger partial charge is 0.399 e. The molecule has 0 saturated heterocycles. The maximum absolute atomic E-state index is 5.80. The molecule has 0 bridgehead atoms. The van der Waals surface area contributed by atoms with Gasteiger partial charge in [-0.1, -0.05) is 24.3 Å². The topological polar surface area (TPSA) is 104 Å². The Morgan fingerprint density at radius 1 is 0.500 bits per heavy atom. The molecule has 4 N–H and O–H groups in total. The molecule has 134 valence electrons. The van der Waals surface area contributed by atoms with Crippen molar-refractivity contribution in [1.29, 1.82) is 0 Å². The molecule has 0 amide bonds. The summed E-state index contributed by atoms with van der Waals surface area (Å²) >= 11 is 0. The Balaban J connectivity index is 1.50. The number of aromatic nitrogens is 4. The van der Waals surface area contributed by atoms with Crippen molar-refractivity contribution in [2.24, 2.45) is 0 Å². The van der Waals surface area contributed by atoms with Gasteiger partial charge in [-0.3, -0.25) is 9.97 Å². The van der Waals surface area contributed by atoms with Crippen molar-refractivity contribution >= 4 is 33.4 Å². The van der Waals surface area contributed by atoms with E-state index < -0.39 is 0 Å². The Bertz CT molecular complexity index is 1220. The van der Waals surface area contributed by atoms with Crippen LogP contribution in [-0.4, -0.2) is 19.9 Å². The molecular weight excluding hydrogens is 348 g/mol. The highest BCUT2D eigenvalue weighted by molar-refractivity contribution is 5.82. The summed E-state index contributed by atoms with van der Waals surface area (Å²) in [5.74, 6) is 0. The molecule has 6 nitrogen and oxygen atoms in total. The summed E-state index contributed by atoms with van der Waals surface area (Å²) in [5.41, 5.74) is 19.7. The molecule has 0 aliphatic rings. The van der Waals surface area contributed by atoms with Crippen molar-refractivity contribution in [3.63, 3.8) is 0 Å². The van der Waals surface area contributed by atoms with E-state index in [-0.39, 0.29) is 0 Å². The maximum Gasteiger partial charge on any atom is 0.0907 e. The van der Waals surface area contributed by atoms with Gasteiger partial charge >= 0.3 is 0 Å². The molecule has 0 radical (unpaired) electrons. The van der Waals surface area contributed by atoms with E-state index in [1.165, 1.54) is 0 Å². The van der Waals surface area contributed by atoms with Gasteiger partial charge in [0.1, 0.15) is 0 Å². The molecular formula is C22H16N6. The monoisotopic (exact) mass is 364 g/mol. The molecule has 0 saturated carbocycles. The number of anilines is 2. The second-order valence-corrected chi connectivity index (χ2v) is 6.58. The number of nitrogens with two attached hydrogens (primary N) is 2. The Labute approximate surface area is 160 Å². The minimum Gasteiger partial charge on any atom is -0.399 e. The predicted octanol–water partition coefficient (Wildman–Crippen LogP) is 4.07. The average Bonchev–Trinajstić information content (AvgIpc) is 2.73. The predicted molar refractivity (Wildman–Crippen MR) is 112 cm³/mol. The van der Waals surface area contributed by atoms with Crippen LogP contribution < -0.4 is 11.5 Å². The van der Waals surface area contributed by atoms with Gasteiger partial charge in [-0.25, -0.2) is 9.97 Å². The lowest BCUT2D eigenvalue weighted by Crippen LogP contribution is -1.92. The van der Waals surface area contributed by atoms with Gasteiger partial charge in [0, 0.05) is 22.5 Å². The van der Waals surface area contributed by atoms with Gasteiger partial charge in [-0.15, -0.1) is 0 Å². The quantitative estimate of drug-likeness (QED) is 0.458. The van der Waals surface area contributed by atoms with E-state index in [1.54, 1.807) is 12.4 Å². The lowest BCUT2D eigenvalue weighted by atomic mass is 10.1. The molecule has 2 heterocycles. The molecule has 0 aliphatic carbocycles. The first-order chi connectivity index (χ1) is 13.7. The van der Waals surface area contributed by atoms with Gasteiger partial charge < -0.3 is 11.5 Å². The molecule has 5 rings (SSSR count). The highest BCUT2D eigenvalue weighted by Crippen LogP contribution is 2.25. The number of hydrogen-bond acceptors (Lipinski definition) is 6. The molecule has 6 heteroatoms. The van der Waals surface area contributed by atoms with Gasteiger partial charge in [-0.05, 0) is 36.4 Å². The molecule has 3 aromatic carbocycles. The van der Waals surface area contributed by atoms with Crippen LogP contribution in [0.25, 0.3) is 44.6 Å². The number of nitrogens with zero attached hydrogens (tertiary/aromatic N) is 4. The third kappa shape index (κ3) is 2.87. The number of hydrogen-bond donors (Lipinski definition) is 2. The molecule has 0 atom stereocenters. The zero-order valence-electron chi connectivity index (χ0n) is 14.9. The van der Waals surface area contributed by atoms with Gasteiger partial charge in [0.25, 0.3) is 0 Å². The Morgan fingerprint density at radius 2 is 0.929 bits per heavy atom. The van der Waals surface area contributed by atoms with Crippen LogP contribution in [0.3, 0.4) is 0 Å². The first-order valence-corrected chi connectivity index (χ1v) is 8.81. The second kappa shape index (κ2) is 6.28. The summed E-state index contributed by atoms with van der Waals surface area (Å²) in [7, 11) is 0.